The third kappa shape index (κ3) is 8.11. The standard InChI is InChI=1S/C10H29N2O24P8/c11-12-4-2-1-3-9(5(37(13,14)15)38(16,17)18,6(39(19,20)21)40(22,23)24)10(4,7(41(25,26)27)42(28,29)30)8(43(31,32)33)44(34,35)36/h4-8,11-12H,1-3H2,(H2,13,14,15)(H2,16,17,18)(H2,19,20,21)(H2,22,23,24)(H2,25,26,27)(H2,28,29,30)(H2,31,32,33)(H2,34,35,36). The van der Waals surface area contributed by atoms with Crippen LogP contribution in [-0.2, 0) is 36.5 Å². The summed E-state index contributed by atoms with van der Waals surface area (Å²) in [5.74, 6) is 7.60. The Morgan fingerprint density at radius 2 is 0.705 bits per heavy atom. The molecule has 1 aliphatic rings. The molecule has 1 saturated carbocycles. The average molecular weight is 809 g/mol. The second-order valence-corrected chi connectivity index (χ2v) is 25.0. The van der Waals surface area contributed by atoms with Gasteiger partial charge in [0.2, 0.25) is 0 Å². The number of rotatable bonds is 13. The largest absolute Gasteiger partial charge is 0.341 e. The van der Waals surface area contributed by atoms with Crippen molar-refractivity contribution in [2.45, 2.75) is 46.9 Å². The molecular weight excluding hydrogens is 780 g/mol. The van der Waals surface area contributed by atoms with E-state index in [1.807, 2.05) is 0 Å². The summed E-state index contributed by atoms with van der Waals surface area (Å²) >= 11 is 0. The lowest BCUT2D eigenvalue weighted by atomic mass is 9.56. The molecular formula is C10H29N2O24P8. The van der Waals surface area contributed by atoms with E-state index in [1.54, 1.807) is 0 Å². The van der Waals surface area contributed by atoms with Gasteiger partial charge in [0.15, 0.2) is 21.6 Å². The van der Waals surface area contributed by atoms with Gasteiger partial charge in [-0.1, -0.05) is 6.42 Å². The van der Waals surface area contributed by atoms with Gasteiger partial charge in [0.25, 0.3) is 0 Å². The summed E-state index contributed by atoms with van der Waals surface area (Å²) in [4.78, 5) is 163. The van der Waals surface area contributed by atoms with Gasteiger partial charge in [-0.2, -0.15) is 5.84 Å². The lowest BCUT2D eigenvalue weighted by Crippen LogP contribution is -2.73. The van der Waals surface area contributed by atoms with Crippen LogP contribution in [0.1, 0.15) is 19.3 Å². The maximum Gasteiger partial charge on any atom is 0.341 e. The van der Waals surface area contributed by atoms with Crippen molar-refractivity contribution in [2.75, 3.05) is 0 Å². The van der Waals surface area contributed by atoms with Crippen molar-refractivity contribution in [2.24, 2.45) is 10.8 Å². The summed E-state index contributed by atoms with van der Waals surface area (Å²) in [6, 6.07) is -3.26. The van der Waals surface area contributed by atoms with E-state index < -0.39 is 119 Å². The van der Waals surface area contributed by atoms with Crippen LogP contribution in [0.15, 0.2) is 0 Å². The van der Waals surface area contributed by atoms with Gasteiger partial charge in [-0.25, -0.2) is 5.43 Å². The minimum Gasteiger partial charge on any atom is -0.324 e. The molecule has 34 heteroatoms. The van der Waals surface area contributed by atoms with Gasteiger partial charge in [0.05, 0.1) is 0 Å². The third-order valence-electron chi connectivity index (χ3n) is 6.96. The molecule has 0 heterocycles. The second-order valence-electron chi connectivity index (χ2n) is 9.77. The van der Waals surface area contributed by atoms with E-state index in [-0.39, 0.29) is 0 Å². The molecule has 1 aliphatic carbocycles. The minimum atomic E-state index is -7.23. The van der Waals surface area contributed by atoms with Gasteiger partial charge in [0, 0.05) is 16.9 Å². The predicted molar refractivity (Wildman–Crippen MR) is 140 cm³/mol. The Morgan fingerprint density at radius 1 is 0.477 bits per heavy atom. The van der Waals surface area contributed by atoms with Crippen LogP contribution >= 0.6 is 60.8 Å². The lowest BCUT2D eigenvalue weighted by molar-refractivity contribution is -0.0366. The normalized spacial score (nSPS) is 21.4. The SMILES string of the molecule is [NH]NC1CCCC(C(P(=O)(O)O)P(=O)(O)O)(C(P(=O)(O)O)P(=O)(O)O)C1(C(P(=O)(O)O)P(=O)(O)O)C(P(=O)(O)O)P(=O)(O)O. The molecule has 0 aliphatic heterocycles. The Balaban J connectivity index is 5.48. The molecule has 0 spiro atoms. The van der Waals surface area contributed by atoms with Crippen LogP contribution in [0.3, 0.4) is 0 Å². The van der Waals surface area contributed by atoms with Gasteiger partial charge >= 0.3 is 60.8 Å². The van der Waals surface area contributed by atoms with Crippen molar-refractivity contribution in [3.05, 3.63) is 0 Å². The predicted octanol–water partition coefficient (Wildman–Crippen LogP) is -2.97. The molecule has 263 valence electrons. The van der Waals surface area contributed by atoms with Crippen molar-refractivity contribution in [3.63, 3.8) is 0 Å². The second kappa shape index (κ2) is 12.8. The Kier molecular flexibility index (Phi) is 12.5. The van der Waals surface area contributed by atoms with E-state index in [4.69, 9.17) is 5.84 Å². The van der Waals surface area contributed by atoms with Crippen LogP contribution in [0.2, 0.25) is 0 Å². The highest BCUT2D eigenvalue weighted by Gasteiger charge is 2.87. The average Bonchev–Trinajstić information content (AvgIpc) is 2.60. The topological polar surface area (TPSA) is 496 Å². The molecule has 1 unspecified atom stereocenters. The van der Waals surface area contributed by atoms with E-state index in [0.29, 0.717) is 0 Å². The maximum atomic E-state index is 12.9. The highest BCUT2D eigenvalue weighted by molar-refractivity contribution is 7.74. The molecule has 26 nitrogen and oxygen atoms in total. The van der Waals surface area contributed by atoms with E-state index in [9.17, 15) is 115 Å². The molecule has 0 bridgehead atoms. The van der Waals surface area contributed by atoms with Crippen molar-refractivity contribution >= 4 is 60.8 Å². The van der Waals surface area contributed by atoms with E-state index >= 15 is 0 Å². The van der Waals surface area contributed by atoms with Crippen LogP contribution in [0.5, 0.6) is 0 Å². The quantitative estimate of drug-likeness (QED) is 0.0652. The number of nitrogens with one attached hydrogen (secondary N) is 2. The Bertz CT molecular complexity index is 1300. The van der Waals surface area contributed by atoms with Crippen molar-refractivity contribution in [1.29, 1.82) is 0 Å². The molecule has 0 aromatic heterocycles. The molecule has 1 radical (unpaired) electrons. The molecule has 0 aromatic rings. The fraction of sp³-hybridized carbons (Fsp3) is 1.00. The molecule has 1 atom stereocenters. The number of hydrogen-bond donors (Lipinski definition) is 17. The number of hydrogen-bond acceptors (Lipinski definition) is 9. The highest BCUT2D eigenvalue weighted by Crippen LogP contribution is 2.90. The molecule has 1 rings (SSSR count). The molecule has 0 saturated heterocycles. The summed E-state index contributed by atoms with van der Waals surface area (Å²) in [7, 11) is -57.6. The first kappa shape index (κ1) is 43.1. The molecule has 44 heavy (non-hydrogen) atoms. The summed E-state index contributed by atoms with van der Waals surface area (Å²) < 4.78 is 103. The lowest BCUT2D eigenvalue weighted by Gasteiger charge is -2.65. The minimum absolute atomic E-state index is 1.08. The summed E-state index contributed by atoms with van der Waals surface area (Å²) in [5.41, 5.74) is -9.24. The van der Waals surface area contributed by atoms with Crippen molar-refractivity contribution in [3.8, 4) is 0 Å². The van der Waals surface area contributed by atoms with Gasteiger partial charge in [0.1, 0.15) is 0 Å². The Labute approximate surface area is 244 Å². The van der Waals surface area contributed by atoms with Crippen LogP contribution in [-0.4, -0.2) is 106 Å². The summed E-state index contributed by atoms with van der Waals surface area (Å²) in [5, 5.41) is -18.6. The summed E-state index contributed by atoms with van der Waals surface area (Å²) in [6.07, 6.45) is -4.66. The molecule has 0 aromatic carbocycles. The Morgan fingerprint density at radius 3 is 0.886 bits per heavy atom. The van der Waals surface area contributed by atoms with Crippen molar-refractivity contribution in [1.82, 2.24) is 11.3 Å². The fourth-order valence-electron chi connectivity index (χ4n) is 6.48. The third-order valence-corrected chi connectivity index (χ3v) is 22.8. The Hall–Kier alpha value is 1.12. The van der Waals surface area contributed by atoms with Crippen molar-refractivity contribution < 1.29 is 115 Å². The zero-order chi connectivity index (χ0) is 35.7. The van der Waals surface area contributed by atoms with Gasteiger partial charge in [-0.05, 0) is 12.8 Å². The smallest absolute Gasteiger partial charge is 0.324 e. The maximum absolute atomic E-state index is 12.9. The van der Waals surface area contributed by atoms with Crippen LogP contribution in [0.25, 0.3) is 0 Å². The highest BCUT2D eigenvalue weighted by atomic mass is 31.3. The van der Waals surface area contributed by atoms with Gasteiger partial charge < -0.3 is 78.3 Å². The van der Waals surface area contributed by atoms with E-state index in [2.05, 4.69) is 0 Å². The zero-order valence-electron chi connectivity index (χ0n) is 21.0. The summed E-state index contributed by atoms with van der Waals surface area (Å²) in [6.45, 7) is 0. The first-order valence-corrected chi connectivity index (χ1v) is 24.2. The van der Waals surface area contributed by atoms with Gasteiger partial charge in [-0.3, -0.25) is 36.5 Å². The molecule has 1 fully saturated rings. The van der Waals surface area contributed by atoms with E-state index in [1.165, 1.54) is 0 Å². The van der Waals surface area contributed by atoms with Crippen LogP contribution < -0.4 is 11.3 Å². The molecule has 18 N–H and O–H groups in total. The zero-order valence-corrected chi connectivity index (χ0v) is 28.2. The van der Waals surface area contributed by atoms with Crippen LogP contribution in [0, 0.1) is 10.8 Å². The first-order chi connectivity index (χ1) is 18.9. The van der Waals surface area contributed by atoms with Gasteiger partial charge in [-0.15, -0.1) is 0 Å². The fourth-order valence-corrected chi connectivity index (χ4v) is 22.6. The monoisotopic (exact) mass is 809 g/mol. The molecule has 0 amide bonds. The van der Waals surface area contributed by atoms with Crippen LogP contribution in [0.4, 0.5) is 0 Å². The van der Waals surface area contributed by atoms with E-state index in [0.717, 1.165) is 5.43 Å². The first-order valence-electron chi connectivity index (χ1n) is 10.7.